The van der Waals surface area contributed by atoms with Crippen LogP contribution in [0.15, 0.2) is 267 Å². The Bertz CT molecular complexity index is 4330. The number of nitrogens with zero attached hydrogens (tertiary/aromatic N) is 4. The maximum absolute atomic E-state index is 5.37. The van der Waals surface area contributed by atoms with Crippen molar-refractivity contribution in [1.82, 2.24) is 19.5 Å². The second-order valence-electron chi connectivity index (χ2n) is 18.8. The maximum Gasteiger partial charge on any atom is 0.164 e. The molecule has 0 bridgehead atoms. The highest BCUT2D eigenvalue weighted by molar-refractivity contribution is 7.26. The van der Waals surface area contributed by atoms with Crippen LogP contribution in [0.4, 0.5) is 0 Å². The van der Waals surface area contributed by atoms with E-state index in [2.05, 4.69) is 253 Å². The smallest absolute Gasteiger partial charge is 0.164 e. The van der Waals surface area contributed by atoms with Crippen molar-refractivity contribution < 1.29 is 0 Å². The van der Waals surface area contributed by atoms with Crippen LogP contribution >= 0.6 is 11.3 Å². The van der Waals surface area contributed by atoms with Gasteiger partial charge in [-0.2, -0.15) is 0 Å². The van der Waals surface area contributed by atoms with Gasteiger partial charge in [-0.05, 0) is 128 Å². The molecule has 14 rings (SSSR count). The Morgan fingerprint density at radius 2 is 0.703 bits per heavy atom. The number of aromatic nitrogens is 4. The van der Waals surface area contributed by atoms with E-state index < -0.39 is 0 Å². The van der Waals surface area contributed by atoms with E-state index in [1.165, 1.54) is 58.8 Å². The quantitative estimate of drug-likeness (QED) is 0.145. The molecule has 0 saturated carbocycles. The van der Waals surface area contributed by atoms with Crippen LogP contribution in [0.5, 0.6) is 0 Å². The summed E-state index contributed by atoms with van der Waals surface area (Å²) < 4.78 is 4.79. The van der Waals surface area contributed by atoms with Crippen LogP contribution in [-0.4, -0.2) is 19.5 Å². The van der Waals surface area contributed by atoms with Gasteiger partial charge < -0.3 is 4.57 Å². The van der Waals surface area contributed by atoms with Gasteiger partial charge in [0.2, 0.25) is 0 Å². The van der Waals surface area contributed by atoms with Gasteiger partial charge in [-0.15, -0.1) is 11.3 Å². The minimum atomic E-state index is 0.620. The predicted octanol–water partition coefficient (Wildman–Crippen LogP) is 18.7. The van der Waals surface area contributed by atoms with Gasteiger partial charge in [-0.1, -0.05) is 194 Å². The number of fused-ring (bicyclic) bond motifs is 6. The predicted molar refractivity (Wildman–Crippen MR) is 311 cm³/mol. The molecular formula is C69H44N4S. The van der Waals surface area contributed by atoms with E-state index in [0.29, 0.717) is 17.5 Å². The van der Waals surface area contributed by atoms with E-state index >= 15 is 0 Å². The fourth-order valence-corrected chi connectivity index (χ4v) is 11.7. The lowest BCUT2D eigenvalue weighted by atomic mass is 9.93. The topological polar surface area (TPSA) is 43.6 Å². The number of hydrogen-bond acceptors (Lipinski definition) is 4. The molecule has 14 aromatic rings. The van der Waals surface area contributed by atoms with Gasteiger partial charge in [0.05, 0.1) is 11.0 Å². The molecular weight excluding hydrogens is 917 g/mol. The average Bonchev–Trinajstić information content (AvgIpc) is 4.05. The minimum Gasteiger partial charge on any atom is -0.309 e. The number of para-hydroxylation sites is 1. The first-order valence-electron chi connectivity index (χ1n) is 25.0. The number of thiophene rings is 1. The van der Waals surface area contributed by atoms with Crippen molar-refractivity contribution in [3.8, 4) is 95.5 Å². The molecule has 0 radical (unpaired) electrons. The van der Waals surface area contributed by atoms with E-state index in [9.17, 15) is 0 Å². The summed E-state index contributed by atoms with van der Waals surface area (Å²) in [5.74, 6) is 1.89. The molecule has 3 aromatic heterocycles. The molecule has 0 saturated heterocycles. The second kappa shape index (κ2) is 18.2. The van der Waals surface area contributed by atoms with Crippen molar-refractivity contribution >= 4 is 53.3 Å². The number of rotatable bonds is 9. The Balaban J connectivity index is 0.881. The summed E-state index contributed by atoms with van der Waals surface area (Å²) in [6.07, 6.45) is 0. The van der Waals surface area contributed by atoms with Crippen LogP contribution in [0.1, 0.15) is 0 Å². The summed E-state index contributed by atoms with van der Waals surface area (Å²) in [4.78, 5) is 15.9. The van der Waals surface area contributed by atoms with Gasteiger partial charge in [0.1, 0.15) is 0 Å². The maximum atomic E-state index is 5.37. The van der Waals surface area contributed by atoms with Crippen LogP contribution in [0.3, 0.4) is 0 Å². The van der Waals surface area contributed by atoms with Crippen molar-refractivity contribution in [1.29, 1.82) is 0 Å². The van der Waals surface area contributed by atoms with Crippen molar-refractivity contribution in [2.45, 2.75) is 0 Å². The Hall–Kier alpha value is -9.55. The fourth-order valence-electron chi connectivity index (χ4n) is 10.6. The molecule has 74 heavy (non-hydrogen) atoms. The highest BCUT2D eigenvalue weighted by Gasteiger charge is 2.20. The monoisotopic (exact) mass is 960 g/mol. The highest BCUT2D eigenvalue weighted by atomic mass is 32.1. The van der Waals surface area contributed by atoms with E-state index in [1.54, 1.807) is 11.3 Å². The lowest BCUT2D eigenvalue weighted by Gasteiger charge is -2.13. The summed E-state index contributed by atoms with van der Waals surface area (Å²) in [6, 6.07) is 95.5. The molecule has 0 atom stereocenters. The molecule has 0 unspecified atom stereocenters. The summed E-state index contributed by atoms with van der Waals surface area (Å²) in [7, 11) is 0. The second-order valence-corrected chi connectivity index (χ2v) is 19.9. The summed E-state index contributed by atoms with van der Waals surface area (Å²) in [5.41, 5.74) is 17.9. The first-order chi connectivity index (χ1) is 36.6. The van der Waals surface area contributed by atoms with Crippen LogP contribution in [0, 0.1) is 0 Å². The Morgan fingerprint density at radius 1 is 0.257 bits per heavy atom. The molecule has 0 spiro atoms. The Morgan fingerprint density at radius 3 is 1.38 bits per heavy atom. The molecule has 0 amide bonds. The van der Waals surface area contributed by atoms with Gasteiger partial charge in [-0.3, -0.25) is 0 Å². The molecule has 4 nitrogen and oxygen atoms in total. The van der Waals surface area contributed by atoms with E-state index in [0.717, 1.165) is 61.1 Å². The zero-order valence-electron chi connectivity index (χ0n) is 40.1. The third kappa shape index (κ3) is 7.84. The van der Waals surface area contributed by atoms with Crippen molar-refractivity contribution in [2.24, 2.45) is 0 Å². The standard InChI is InChI=1S/C69H44N4S/c1-5-17-45(18-6-1)48-31-35-57(36-32-48)73-62-29-14-13-27-58(62)60-43-51(33-37-63(60)73)52-34-38-64-61(44-52)66-59(28-16-30-65(66)74-64)69-71-67(49-23-11-4-12-24-49)70-68(72-69)53-26-15-25-50(39-53)56-41-54(46-19-7-2-8-20-46)40-55(42-56)47-21-9-3-10-22-47/h1-44H. The highest BCUT2D eigenvalue weighted by Crippen LogP contribution is 2.43. The molecule has 0 aliphatic carbocycles. The normalized spacial score (nSPS) is 11.5. The number of hydrogen-bond donors (Lipinski definition) is 0. The summed E-state index contributed by atoms with van der Waals surface area (Å²) in [5, 5.41) is 4.76. The van der Waals surface area contributed by atoms with E-state index in [1.807, 2.05) is 18.2 Å². The van der Waals surface area contributed by atoms with Gasteiger partial charge in [-0.25, -0.2) is 15.0 Å². The summed E-state index contributed by atoms with van der Waals surface area (Å²) in [6.45, 7) is 0. The molecule has 5 heteroatoms. The minimum absolute atomic E-state index is 0.620. The van der Waals surface area contributed by atoms with Crippen LogP contribution in [0.2, 0.25) is 0 Å². The van der Waals surface area contributed by atoms with Gasteiger partial charge >= 0.3 is 0 Å². The largest absolute Gasteiger partial charge is 0.309 e. The average molecular weight is 961 g/mol. The number of benzene rings is 11. The molecule has 0 fully saturated rings. The molecule has 11 aromatic carbocycles. The third-order valence-electron chi connectivity index (χ3n) is 14.2. The SMILES string of the molecule is c1ccc(-c2ccc(-n3c4ccccc4c4cc(-c5ccc6sc7cccc(-c8nc(-c9ccccc9)nc(-c9cccc(-c%10cc(-c%11ccccc%11)cc(-c%11ccccc%11)c%10)c9)n8)c7c6c5)ccc43)cc2)cc1. The molecule has 0 aliphatic heterocycles. The van der Waals surface area contributed by atoms with Crippen molar-refractivity contribution in [3.63, 3.8) is 0 Å². The Labute approximate surface area is 432 Å². The van der Waals surface area contributed by atoms with Crippen molar-refractivity contribution in [2.75, 3.05) is 0 Å². The zero-order valence-corrected chi connectivity index (χ0v) is 40.9. The first-order valence-corrected chi connectivity index (χ1v) is 25.8. The van der Waals surface area contributed by atoms with Gasteiger partial charge in [0.15, 0.2) is 17.5 Å². The van der Waals surface area contributed by atoms with Crippen molar-refractivity contribution in [3.05, 3.63) is 267 Å². The molecule has 0 N–H and O–H groups in total. The summed E-state index contributed by atoms with van der Waals surface area (Å²) >= 11 is 1.80. The zero-order chi connectivity index (χ0) is 49.0. The van der Waals surface area contributed by atoms with Crippen LogP contribution in [0.25, 0.3) is 137 Å². The lowest BCUT2D eigenvalue weighted by Crippen LogP contribution is -2.00. The Kier molecular flexibility index (Phi) is 10.7. The van der Waals surface area contributed by atoms with Crippen LogP contribution < -0.4 is 0 Å². The first kappa shape index (κ1) is 43.3. The van der Waals surface area contributed by atoms with E-state index in [4.69, 9.17) is 15.0 Å². The lowest BCUT2D eigenvalue weighted by molar-refractivity contribution is 1.08. The molecule has 0 aliphatic rings. The van der Waals surface area contributed by atoms with E-state index in [-0.39, 0.29) is 0 Å². The van der Waals surface area contributed by atoms with Gasteiger partial charge in [0.25, 0.3) is 0 Å². The van der Waals surface area contributed by atoms with Gasteiger partial charge in [0, 0.05) is 53.3 Å². The fraction of sp³-hybridized carbons (Fsp3) is 0. The molecule has 346 valence electrons. The molecule has 3 heterocycles. The third-order valence-corrected chi connectivity index (χ3v) is 15.4. The van der Waals surface area contributed by atoms with Crippen LogP contribution in [-0.2, 0) is 0 Å².